The zero-order valence-electron chi connectivity index (χ0n) is 12.0. The summed E-state index contributed by atoms with van der Waals surface area (Å²) in [5, 5.41) is 14.0. The number of nitro groups is 1. The van der Waals surface area contributed by atoms with E-state index in [0.717, 1.165) is 25.5 Å². The van der Waals surface area contributed by atoms with Gasteiger partial charge < -0.3 is 5.32 Å². The van der Waals surface area contributed by atoms with E-state index in [-0.39, 0.29) is 16.6 Å². The molecule has 0 aromatic heterocycles. The molecule has 1 heterocycles. The second-order valence-electron chi connectivity index (χ2n) is 5.31. The average molecular weight is 313 g/mol. The van der Waals surface area contributed by atoms with Crippen molar-refractivity contribution in [2.75, 3.05) is 13.1 Å². The van der Waals surface area contributed by atoms with Gasteiger partial charge in [-0.25, -0.2) is 13.1 Å². The molecule has 8 heteroatoms. The number of piperidine rings is 1. The molecule has 0 spiro atoms. The Hall–Kier alpha value is -1.51. The first kappa shape index (κ1) is 15.9. The van der Waals surface area contributed by atoms with E-state index in [9.17, 15) is 18.5 Å². The number of sulfonamides is 1. The summed E-state index contributed by atoms with van der Waals surface area (Å²) in [5.41, 5.74) is 0.920. The van der Waals surface area contributed by atoms with E-state index in [1.165, 1.54) is 6.07 Å². The molecule has 1 unspecified atom stereocenters. The van der Waals surface area contributed by atoms with Crippen LogP contribution in [0.5, 0.6) is 0 Å². The lowest BCUT2D eigenvalue weighted by atomic mass is 10.1. The largest absolute Gasteiger partial charge is 0.315 e. The molecule has 1 saturated heterocycles. The molecular weight excluding hydrogens is 294 g/mol. The van der Waals surface area contributed by atoms with E-state index in [0.29, 0.717) is 17.7 Å². The van der Waals surface area contributed by atoms with Crippen LogP contribution in [0.1, 0.15) is 24.0 Å². The van der Waals surface area contributed by atoms with E-state index < -0.39 is 14.9 Å². The molecule has 1 aromatic rings. The van der Waals surface area contributed by atoms with Crippen molar-refractivity contribution < 1.29 is 13.3 Å². The third-order valence-corrected chi connectivity index (χ3v) is 5.37. The van der Waals surface area contributed by atoms with Gasteiger partial charge in [0.1, 0.15) is 0 Å². The highest BCUT2D eigenvalue weighted by Gasteiger charge is 2.26. The molecule has 0 bridgehead atoms. The van der Waals surface area contributed by atoms with Gasteiger partial charge in [0, 0.05) is 24.7 Å². The summed E-state index contributed by atoms with van der Waals surface area (Å²) in [7, 11) is -3.76. The van der Waals surface area contributed by atoms with Crippen LogP contribution in [-0.4, -0.2) is 32.5 Å². The number of nitrogens with one attached hydrogen (secondary N) is 2. The molecule has 116 valence electrons. The molecule has 0 saturated carbocycles. The van der Waals surface area contributed by atoms with Crippen LogP contribution in [0.3, 0.4) is 0 Å². The highest BCUT2D eigenvalue weighted by molar-refractivity contribution is 7.89. The van der Waals surface area contributed by atoms with Gasteiger partial charge in [0.05, 0.1) is 9.82 Å². The smallest absolute Gasteiger partial charge is 0.271 e. The minimum atomic E-state index is -3.76. The Balaban J connectivity index is 2.36. The topological polar surface area (TPSA) is 101 Å². The standard InChI is InChI=1S/C13H19N3O4S/c1-9-6-12(16(17)18)7-13(10(9)2)21(19,20)15-11-4-3-5-14-8-11/h6-7,11,14-15H,3-5,8H2,1-2H3. The maximum absolute atomic E-state index is 12.5. The van der Waals surface area contributed by atoms with Crippen LogP contribution in [0.25, 0.3) is 0 Å². The molecule has 1 aromatic carbocycles. The third kappa shape index (κ3) is 3.58. The van der Waals surface area contributed by atoms with Crippen molar-refractivity contribution in [2.45, 2.75) is 37.6 Å². The minimum absolute atomic E-state index is 0.0141. The molecule has 7 nitrogen and oxygen atoms in total. The summed E-state index contributed by atoms with van der Waals surface area (Å²) in [5.74, 6) is 0. The van der Waals surface area contributed by atoms with Crippen LogP contribution in [0, 0.1) is 24.0 Å². The molecule has 0 radical (unpaired) electrons. The molecule has 1 atom stereocenters. The maximum atomic E-state index is 12.5. The quantitative estimate of drug-likeness (QED) is 0.643. The van der Waals surface area contributed by atoms with Crippen LogP contribution in [0.2, 0.25) is 0 Å². The third-order valence-electron chi connectivity index (χ3n) is 3.72. The van der Waals surface area contributed by atoms with E-state index >= 15 is 0 Å². The van der Waals surface area contributed by atoms with Gasteiger partial charge in [-0.3, -0.25) is 10.1 Å². The summed E-state index contributed by atoms with van der Waals surface area (Å²) in [4.78, 5) is 10.3. The van der Waals surface area contributed by atoms with Crippen molar-refractivity contribution >= 4 is 15.7 Å². The van der Waals surface area contributed by atoms with Crippen molar-refractivity contribution in [1.82, 2.24) is 10.0 Å². The Morgan fingerprint density at radius 3 is 2.67 bits per heavy atom. The number of hydrogen-bond acceptors (Lipinski definition) is 5. The maximum Gasteiger partial charge on any atom is 0.271 e. The fraction of sp³-hybridized carbons (Fsp3) is 0.538. The summed E-state index contributed by atoms with van der Waals surface area (Å²) in [6, 6.07) is 2.33. The second-order valence-corrected chi connectivity index (χ2v) is 6.99. The van der Waals surface area contributed by atoms with E-state index in [2.05, 4.69) is 10.0 Å². The Kier molecular flexibility index (Phi) is 4.60. The lowest BCUT2D eigenvalue weighted by molar-refractivity contribution is -0.385. The summed E-state index contributed by atoms with van der Waals surface area (Å²) in [6.45, 7) is 4.79. The first-order valence-corrected chi connectivity index (χ1v) is 8.28. The number of aryl methyl sites for hydroxylation is 1. The van der Waals surface area contributed by atoms with Gasteiger partial charge in [-0.1, -0.05) is 0 Å². The van der Waals surface area contributed by atoms with Crippen molar-refractivity contribution in [3.05, 3.63) is 33.4 Å². The Bertz CT molecular complexity index is 652. The first-order valence-electron chi connectivity index (χ1n) is 6.80. The minimum Gasteiger partial charge on any atom is -0.315 e. The zero-order valence-corrected chi connectivity index (χ0v) is 12.9. The number of non-ortho nitro benzene ring substituents is 1. The van der Waals surface area contributed by atoms with E-state index in [1.54, 1.807) is 13.8 Å². The van der Waals surface area contributed by atoms with Crippen molar-refractivity contribution in [2.24, 2.45) is 0 Å². The lowest BCUT2D eigenvalue weighted by Crippen LogP contribution is -2.45. The number of benzene rings is 1. The summed E-state index contributed by atoms with van der Waals surface area (Å²) >= 11 is 0. The normalized spacial score (nSPS) is 19.4. The number of nitrogens with zero attached hydrogens (tertiary/aromatic N) is 1. The van der Waals surface area contributed by atoms with Crippen LogP contribution in [0.15, 0.2) is 17.0 Å². The van der Waals surface area contributed by atoms with Crippen LogP contribution in [-0.2, 0) is 10.0 Å². The van der Waals surface area contributed by atoms with Gasteiger partial charge in [0.2, 0.25) is 10.0 Å². The molecular formula is C13H19N3O4S. The van der Waals surface area contributed by atoms with E-state index in [4.69, 9.17) is 0 Å². The molecule has 1 aliphatic heterocycles. The predicted octanol–water partition coefficient (Wildman–Crippen LogP) is 1.24. The molecule has 0 aliphatic carbocycles. The fourth-order valence-corrected chi connectivity index (χ4v) is 4.04. The van der Waals surface area contributed by atoms with Crippen molar-refractivity contribution in [3.8, 4) is 0 Å². The molecule has 1 aliphatic rings. The average Bonchev–Trinajstić information content (AvgIpc) is 2.41. The fourth-order valence-electron chi connectivity index (χ4n) is 2.43. The molecule has 2 rings (SSSR count). The van der Waals surface area contributed by atoms with Crippen LogP contribution < -0.4 is 10.0 Å². The highest BCUT2D eigenvalue weighted by atomic mass is 32.2. The molecule has 21 heavy (non-hydrogen) atoms. The van der Waals surface area contributed by atoms with Crippen molar-refractivity contribution in [3.63, 3.8) is 0 Å². The zero-order chi connectivity index (χ0) is 15.6. The number of nitro benzene ring substituents is 1. The van der Waals surface area contributed by atoms with Gasteiger partial charge in [-0.2, -0.15) is 0 Å². The van der Waals surface area contributed by atoms with E-state index in [1.807, 2.05) is 0 Å². The first-order chi connectivity index (χ1) is 9.81. The van der Waals surface area contributed by atoms with Crippen LogP contribution in [0.4, 0.5) is 5.69 Å². The second kappa shape index (κ2) is 6.08. The van der Waals surface area contributed by atoms with Gasteiger partial charge >= 0.3 is 0 Å². The summed E-state index contributed by atoms with van der Waals surface area (Å²) < 4.78 is 27.6. The van der Waals surface area contributed by atoms with Gasteiger partial charge in [0.15, 0.2) is 0 Å². The monoisotopic (exact) mass is 313 g/mol. The number of hydrogen-bond donors (Lipinski definition) is 2. The SMILES string of the molecule is Cc1cc([N+](=O)[O-])cc(S(=O)(=O)NC2CCCNC2)c1C. The molecule has 2 N–H and O–H groups in total. The number of rotatable bonds is 4. The summed E-state index contributed by atoms with van der Waals surface area (Å²) in [6.07, 6.45) is 1.67. The van der Waals surface area contributed by atoms with Gasteiger partial charge in [-0.05, 0) is 44.4 Å². The highest BCUT2D eigenvalue weighted by Crippen LogP contribution is 2.25. The van der Waals surface area contributed by atoms with Crippen LogP contribution >= 0.6 is 0 Å². The Labute approximate surface area is 123 Å². The molecule has 1 fully saturated rings. The lowest BCUT2D eigenvalue weighted by Gasteiger charge is -2.24. The van der Waals surface area contributed by atoms with Gasteiger partial charge in [-0.15, -0.1) is 0 Å². The van der Waals surface area contributed by atoms with Crippen molar-refractivity contribution in [1.29, 1.82) is 0 Å². The Morgan fingerprint density at radius 2 is 2.10 bits per heavy atom. The van der Waals surface area contributed by atoms with Gasteiger partial charge in [0.25, 0.3) is 5.69 Å². The predicted molar refractivity (Wildman–Crippen MR) is 78.8 cm³/mol. The Morgan fingerprint density at radius 1 is 1.38 bits per heavy atom. The molecule has 0 amide bonds.